The number of hydrogen-bond acceptors (Lipinski definition) is 5. The number of sulfonamides is 1. The van der Waals surface area contributed by atoms with E-state index in [4.69, 9.17) is 0 Å². The molecular weight excluding hydrogens is 436 g/mol. The van der Waals surface area contributed by atoms with Gasteiger partial charge in [0, 0.05) is 37.8 Å². The quantitative estimate of drug-likeness (QED) is 0.549. The first kappa shape index (κ1) is 23.7. The third kappa shape index (κ3) is 5.93. The number of carbonyl (C=O) groups is 1. The lowest BCUT2D eigenvalue weighted by Crippen LogP contribution is -2.31. The van der Waals surface area contributed by atoms with Crippen molar-refractivity contribution in [2.75, 3.05) is 30.2 Å². The van der Waals surface area contributed by atoms with E-state index in [1.165, 1.54) is 9.87 Å². The van der Waals surface area contributed by atoms with Crippen LogP contribution in [0, 0.1) is 0 Å². The highest BCUT2D eigenvalue weighted by Gasteiger charge is 2.29. The Morgan fingerprint density at radius 1 is 1.06 bits per heavy atom. The fraction of sp³-hybridized carbons (Fsp3) is 0.480. The highest BCUT2D eigenvalue weighted by molar-refractivity contribution is 7.93. The van der Waals surface area contributed by atoms with Gasteiger partial charge in [0.2, 0.25) is 10.0 Å². The van der Waals surface area contributed by atoms with Gasteiger partial charge in [-0.3, -0.25) is 20.0 Å². The fourth-order valence-corrected chi connectivity index (χ4v) is 6.23. The molecule has 1 amide bonds. The number of carbonyl (C=O) groups excluding carboxylic acids is 1. The minimum atomic E-state index is -3.25. The van der Waals surface area contributed by atoms with Gasteiger partial charge in [-0.2, -0.15) is 0 Å². The molecule has 0 spiro atoms. The molecule has 2 aromatic rings. The summed E-state index contributed by atoms with van der Waals surface area (Å²) in [5.41, 5.74) is 9.25. The molecule has 2 heterocycles. The average Bonchev–Trinajstić information content (AvgIpc) is 3.44. The molecule has 0 radical (unpaired) electrons. The van der Waals surface area contributed by atoms with Crippen molar-refractivity contribution in [1.82, 2.24) is 15.8 Å². The largest absolute Gasteiger partial charge is 0.342 e. The summed E-state index contributed by atoms with van der Waals surface area (Å²) in [5.74, 6) is 0.102. The molecule has 2 N–H and O–H groups in total. The van der Waals surface area contributed by atoms with Crippen LogP contribution in [0.5, 0.6) is 0 Å². The van der Waals surface area contributed by atoms with E-state index in [0.29, 0.717) is 42.8 Å². The summed E-state index contributed by atoms with van der Waals surface area (Å²) in [4.78, 5) is 14.6. The molecule has 2 aliphatic rings. The van der Waals surface area contributed by atoms with Crippen molar-refractivity contribution in [3.8, 4) is 0 Å². The van der Waals surface area contributed by atoms with Gasteiger partial charge in [0.1, 0.15) is 0 Å². The van der Waals surface area contributed by atoms with Crippen LogP contribution in [0.3, 0.4) is 0 Å². The second-order valence-corrected chi connectivity index (χ2v) is 11.1. The zero-order valence-electron chi connectivity index (χ0n) is 19.2. The van der Waals surface area contributed by atoms with E-state index >= 15 is 0 Å². The summed E-state index contributed by atoms with van der Waals surface area (Å²) in [6.07, 6.45) is 5.96. The number of anilines is 1. The molecule has 0 aromatic heterocycles. The topological polar surface area (TPSA) is 81.8 Å². The van der Waals surface area contributed by atoms with Gasteiger partial charge in [-0.25, -0.2) is 8.42 Å². The monoisotopic (exact) mass is 470 g/mol. The predicted molar refractivity (Wildman–Crippen MR) is 131 cm³/mol. The number of rotatable bonds is 9. The van der Waals surface area contributed by atoms with Gasteiger partial charge in [-0.05, 0) is 49.4 Å². The zero-order valence-corrected chi connectivity index (χ0v) is 20.1. The summed E-state index contributed by atoms with van der Waals surface area (Å²) in [5, 5.41) is 0. The van der Waals surface area contributed by atoms with E-state index in [2.05, 4.69) is 35.1 Å². The molecule has 8 heteroatoms. The van der Waals surface area contributed by atoms with Crippen molar-refractivity contribution >= 4 is 21.6 Å². The highest BCUT2D eigenvalue weighted by Crippen LogP contribution is 2.26. The second kappa shape index (κ2) is 10.7. The predicted octanol–water partition coefficient (Wildman–Crippen LogP) is 3.47. The van der Waals surface area contributed by atoms with Crippen LogP contribution in [0.15, 0.2) is 54.6 Å². The van der Waals surface area contributed by atoms with Crippen LogP contribution in [-0.4, -0.2) is 51.2 Å². The molecule has 2 aliphatic heterocycles. The molecule has 2 aromatic carbocycles. The Morgan fingerprint density at radius 3 is 2.64 bits per heavy atom. The first-order chi connectivity index (χ1) is 15.9. The minimum absolute atomic E-state index is 0.0687. The van der Waals surface area contributed by atoms with Gasteiger partial charge in [0.25, 0.3) is 5.91 Å². The number of benzene rings is 2. The molecule has 0 bridgehead atoms. The number of hydrogen-bond donors (Lipinski definition) is 2. The summed E-state index contributed by atoms with van der Waals surface area (Å²) in [6, 6.07) is 18.3. The third-order valence-electron chi connectivity index (χ3n) is 6.56. The standard InChI is InChI=1S/C25H34N4O3S/c1-28(25(30)21-12-8-14-23(18-21)29-16-9-17-33(29,31)32)15-7-3-6-13-22-19-24(27-26-22)20-10-4-2-5-11-20/h2,4-5,8,10-12,14,18,22,24,26-27H,3,6-7,9,13,15-17,19H2,1H3. The molecule has 2 atom stereocenters. The SMILES string of the molecule is CN(CCCCCC1CC(c2ccccc2)NN1)C(=O)c1cccc(N2CCCS2(=O)=O)c1. The van der Waals surface area contributed by atoms with E-state index in [9.17, 15) is 13.2 Å². The second-order valence-electron chi connectivity index (χ2n) is 9.05. The van der Waals surface area contributed by atoms with Crippen molar-refractivity contribution in [1.29, 1.82) is 0 Å². The average molecular weight is 471 g/mol. The maximum Gasteiger partial charge on any atom is 0.253 e. The summed E-state index contributed by atoms with van der Waals surface area (Å²) < 4.78 is 25.8. The normalized spacial score (nSPS) is 21.9. The van der Waals surface area contributed by atoms with Crippen molar-refractivity contribution in [3.63, 3.8) is 0 Å². The Balaban J connectivity index is 1.19. The number of amides is 1. The number of nitrogens with zero attached hydrogens (tertiary/aromatic N) is 2. The van der Waals surface area contributed by atoms with Crippen LogP contribution >= 0.6 is 0 Å². The number of hydrazine groups is 1. The maximum atomic E-state index is 12.9. The molecule has 0 aliphatic carbocycles. The van der Waals surface area contributed by atoms with E-state index in [1.54, 1.807) is 29.2 Å². The maximum absolute atomic E-state index is 12.9. The van der Waals surface area contributed by atoms with Crippen LogP contribution in [0.2, 0.25) is 0 Å². The minimum Gasteiger partial charge on any atom is -0.342 e. The van der Waals surface area contributed by atoms with E-state index in [-0.39, 0.29) is 11.7 Å². The molecule has 7 nitrogen and oxygen atoms in total. The van der Waals surface area contributed by atoms with Crippen molar-refractivity contribution in [2.45, 2.75) is 50.6 Å². The van der Waals surface area contributed by atoms with Crippen LogP contribution in [0.4, 0.5) is 5.69 Å². The van der Waals surface area contributed by atoms with E-state index in [0.717, 1.165) is 32.1 Å². The summed E-state index contributed by atoms with van der Waals surface area (Å²) in [6.45, 7) is 1.17. The lowest BCUT2D eigenvalue weighted by Gasteiger charge is -2.20. The van der Waals surface area contributed by atoms with Gasteiger partial charge >= 0.3 is 0 Å². The molecule has 2 saturated heterocycles. The number of unbranched alkanes of at least 4 members (excludes halogenated alkanes) is 2. The van der Waals surface area contributed by atoms with Crippen LogP contribution in [-0.2, 0) is 10.0 Å². The molecule has 33 heavy (non-hydrogen) atoms. The third-order valence-corrected chi connectivity index (χ3v) is 8.43. The fourth-order valence-electron chi connectivity index (χ4n) is 4.68. The molecule has 4 rings (SSSR count). The van der Waals surface area contributed by atoms with Gasteiger partial charge < -0.3 is 4.90 Å². The molecule has 2 unspecified atom stereocenters. The Labute approximate surface area is 197 Å². The summed E-state index contributed by atoms with van der Waals surface area (Å²) in [7, 11) is -1.44. The van der Waals surface area contributed by atoms with E-state index in [1.807, 2.05) is 13.1 Å². The van der Waals surface area contributed by atoms with Crippen molar-refractivity contribution < 1.29 is 13.2 Å². The molecule has 2 fully saturated rings. The lowest BCUT2D eigenvalue weighted by molar-refractivity contribution is 0.0792. The Bertz CT molecular complexity index is 1040. The van der Waals surface area contributed by atoms with Crippen molar-refractivity contribution in [2.24, 2.45) is 0 Å². The molecule has 0 saturated carbocycles. The molecule has 178 valence electrons. The van der Waals surface area contributed by atoms with Gasteiger partial charge in [-0.1, -0.05) is 49.2 Å². The van der Waals surface area contributed by atoms with Crippen LogP contribution in [0.25, 0.3) is 0 Å². The lowest BCUT2D eigenvalue weighted by atomic mass is 9.99. The van der Waals surface area contributed by atoms with Gasteiger partial charge in [0.15, 0.2) is 0 Å². The first-order valence-electron chi connectivity index (χ1n) is 11.9. The van der Waals surface area contributed by atoms with E-state index < -0.39 is 10.0 Å². The smallest absolute Gasteiger partial charge is 0.253 e. The Morgan fingerprint density at radius 2 is 1.88 bits per heavy atom. The van der Waals surface area contributed by atoms with Gasteiger partial charge in [-0.15, -0.1) is 0 Å². The Hall–Kier alpha value is -2.42. The zero-order chi connectivity index (χ0) is 23.3. The molecular formula is C25H34N4O3S. The summed E-state index contributed by atoms with van der Waals surface area (Å²) >= 11 is 0. The van der Waals surface area contributed by atoms with Crippen LogP contribution in [0.1, 0.15) is 60.5 Å². The highest BCUT2D eigenvalue weighted by atomic mass is 32.2. The first-order valence-corrected chi connectivity index (χ1v) is 13.5. The number of nitrogens with one attached hydrogen (secondary N) is 2. The Kier molecular flexibility index (Phi) is 7.67. The van der Waals surface area contributed by atoms with Crippen LogP contribution < -0.4 is 15.2 Å². The van der Waals surface area contributed by atoms with Gasteiger partial charge in [0.05, 0.1) is 11.4 Å². The van der Waals surface area contributed by atoms with Crippen molar-refractivity contribution in [3.05, 3.63) is 65.7 Å².